The van der Waals surface area contributed by atoms with Crippen LogP contribution in [0.2, 0.25) is 0 Å². The molecular weight excluding hydrogens is 290 g/mol. The van der Waals surface area contributed by atoms with Crippen LogP contribution < -0.4 is 5.32 Å². The normalized spacial score (nSPS) is 12.6. The van der Waals surface area contributed by atoms with Gasteiger partial charge in [-0.15, -0.1) is 0 Å². The molecule has 1 atom stereocenters. The highest BCUT2D eigenvalue weighted by atomic mass is 79.9. The third-order valence-electron chi connectivity index (χ3n) is 3.03. The second-order valence-electron chi connectivity index (χ2n) is 4.46. The van der Waals surface area contributed by atoms with Gasteiger partial charge < -0.3 is 9.73 Å². The molecule has 1 N–H and O–H groups in total. The van der Waals surface area contributed by atoms with E-state index in [9.17, 15) is 0 Å². The minimum Gasteiger partial charge on any atom is -0.460 e. The van der Waals surface area contributed by atoms with Crippen molar-refractivity contribution in [1.29, 1.82) is 0 Å². The van der Waals surface area contributed by atoms with Crippen LogP contribution in [0.5, 0.6) is 0 Å². The standard InChI is InChI=1S/C15H18BrNO/c1-3-11(2)17-10-14-8-9-15(18-14)12-4-6-13(16)7-5-12/h4-9,11,17H,3,10H2,1-2H3/t11-/m1/s1. The van der Waals surface area contributed by atoms with Gasteiger partial charge in [0.25, 0.3) is 0 Å². The van der Waals surface area contributed by atoms with Crippen LogP contribution in [-0.4, -0.2) is 6.04 Å². The van der Waals surface area contributed by atoms with Gasteiger partial charge in [0, 0.05) is 16.1 Å². The van der Waals surface area contributed by atoms with Crippen molar-refractivity contribution in [3.63, 3.8) is 0 Å². The summed E-state index contributed by atoms with van der Waals surface area (Å²) < 4.78 is 6.91. The fourth-order valence-corrected chi connectivity index (χ4v) is 1.93. The van der Waals surface area contributed by atoms with E-state index >= 15 is 0 Å². The van der Waals surface area contributed by atoms with Crippen molar-refractivity contribution in [2.75, 3.05) is 0 Å². The Morgan fingerprint density at radius 1 is 1.17 bits per heavy atom. The van der Waals surface area contributed by atoms with E-state index < -0.39 is 0 Å². The average molecular weight is 308 g/mol. The summed E-state index contributed by atoms with van der Waals surface area (Å²) in [6.07, 6.45) is 1.13. The Kier molecular flexibility index (Phi) is 4.61. The van der Waals surface area contributed by atoms with Crippen LogP contribution in [0.25, 0.3) is 11.3 Å². The van der Waals surface area contributed by atoms with Gasteiger partial charge in [-0.2, -0.15) is 0 Å². The predicted octanol–water partition coefficient (Wildman–Crippen LogP) is 4.60. The minimum atomic E-state index is 0.520. The Hall–Kier alpha value is -1.06. The van der Waals surface area contributed by atoms with Crippen LogP contribution in [0.3, 0.4) is 0 Å². The molecule has 96 valence electrons. The zero-order valence-electron chi connectivity index (χ0n) is 10.7. The highest BCUT2D eigenvalue weighted by molar-refractivity contribution is 9.10. The molecule has 2 nitrogen and oxygen atoms in total. The lowest BCUT2D eigenvalue weighted by Crippen LogP contribution is -2.24. The molecule has 0 aliphatic carbocycles. The van der Waals surface area contributed by atoms with Crippen molar-refractivity contribution >= 4 is 15.9 Å². The molecule has 1 heterocycles. The number of nitrogens with one attached hydrogen (secondary N) is 1. The van der Waals surface area contributed by atoms with E-state index in [2.05, 4.69) is 47.2 Å². The van der Waals surface area contributed by atoms with E-state index in [1.807, 2.05) is 24.3 Å². The molecule has 0 amide bonds. The molecule has 0 aliphatic rings. The molecule has 3 heteroatoms. The van der Waals surface area contributed by atoms with Crippen LogP contribution >= 0.6 is 15.9 Å². The summed E-state index contributed by atoms with van der Waals surface area (Å²) in [6.45, 7) is 5.14. The van der Waals surface area contributed by atoms with E-state index in [1.165, 1.54) is 0 Å². The molecule has 0 aliphatic heterocycles. The largest absolute Gasteiger partial charge is 0.460 e. The first-order chi connectivity index (χ1) is 8.69. The summed E-state index contributed by atoms with van der Waals surface area (Å²) in [5.41, 5.74) is 1.10. The van der Waals surface area contributed by atoms with Crippen molar-refractivity contribution in [1.82, 2.24) is 5.32 Å². The van der Waals surface area contributed by atoms with Crippen molar-refractivity contribution in [2.45, 2.75) is 32.9 Å². The van der Waals surface area contributed by atoms with E-state index in [4.69, 9.17) is 4.42 Å². The van der Waals surface area contributed by atoms with Crippen molar-refractivity contribution in [3.8, 4) is 11.3 Å². The summed E-state index contributed by atoms with van der Waals surface area (Å²) in [7, 11) is 0. The third-order valence-corrected chi connectivity index (χ3v) is 3.56. The van der Waals surface area contributed by atoms with E-state index in [0.29, 0.717) is 6.04 Å². The van der Waals surface area contributed by atoms with Crippen molar-refractivity contribution < 1.29 is 4.42 Å². The molecule has 0 bridgehead atoms. The van der Waals surface area contributed by atoms with Gasteiger partial charge in [0.2, 0.25) is 0 Å². The maximum atomic E-state index is 5.83. The molecule has 2 aromatic rings. The van der Waals surface area contributed by atoms with Crippen molar-refractivity contribution in [3.05, 3.63) is 46.6 Å². The summed E-state index contributed by atoms with van der Waals surface area (Å²) in [5.74, 6) is 1.90. The van der Waals surface area contributed by atoms with Gasteiger partial charge in [-0.1, -0.05) is 35.0 Å². The topological polar surface area (TPSA) is 25.2 Å². The summed E-state index contributed by atoms with van der Waals surface area (Å²) in [6, 6.07) is 12.7. The first kappa shape index (κ1) is 13.4. The Bertz CT molecular complexity index is 489. The molecule has 1 aromatic carbocycles. The molecule has 18 heavy (non-hydrogen) atoms. The highest BCUT2D eigenvalue weighted by Gasteiger charge is 2.05. The molecule has 0 unspecified atom stereocenters. The van der Waals surface area contributed by atoms with Gasteiger partial charge in [0.15, 0.2) is 0 Å². The number of hydrogen-bond donors (Lipinski definition) is 1. The quantitative estimate of drug-likeness (QED) is 0.873. The smallest absolute Gasteiger partial charge is 0.134 e. The number of benzene rings is 1. The molecular formula is C15H18BrNO. The van der Waals surface area contributed by atoms with Gasteiger partial charge in [-0.05, 0) is 37.6 Å². The monoisotopic (exact) mass is 307 g/mol. The highest BCUT2D eigenvalue weighted by Crippen LogP contribution is 2.23. The van der Waals surface area contributed by atoms with Gasteiger partial charge in [-0.25, -0.2) is 0 Å². The maximum absolute atomic E-state index is 5.83. The van der Waals surface area contributed by atoms with Crippen LogP contribution in [0.1, 0.15) is 26.0 Å². The number of furan rings is 1. The van der Waals surface area contributed by atoms with Gasteiger partial charge in [-0.3, -0.25) is 0 Å². The van der Waals surface area contributed by atoms with E-state index in [0.717, 1.165) is 34.5 Å². The van der Waals surface area contributed by atoms with E-state index in [-0.39, 0.29) is 0 Å². The maximum Gasteiger partial charge on any atom is 0.134 e. The third kappa shape index (κ3) is 3.47. The van der Waals surface area contributed by atoms with Gasteiger partial charge in [0.1, 0.15) is 11.5 Å². The fourth-order valence-electron chi connectivity index (χ4n) is 1.66. The summed E-state index contributed by atoms with van der Waals surface area (Å²) in [4.78, 5) is 0. The zero-order chi connectivity index (χ0) is 13.0. The Labute approximate surface area is 117 Å². The molecule has 2 rings (SSSR count). The summed E-state index contributed by atoms with van der Waals surface area (Å²) >= 11 is 3.43. The second kappa shape index (κ2) is 6.21. The first-order valence-electron chi connectivity index (χ1n) is 6.27. The van der Waals surface area contributed by atoms with Crippen LogP contribution in [0, 0.1) is 0 Å². The lowest BCUT2D eigenvalue weighted by molar-refractivity contribution is 0.457. The predicted molar refractivity (Wildman–Crippen MR) is 78.4 cm³/mol. The summed E-state index contributed by atoms with van der Waals surface area (Å²) in [5, 5.41) is 3.42. The first-order valence-corrected chi connectivity index (χ1v) is 7.06. The number of hydrogen-bond acceptors (Lipinski definition) is 2. The van der Waals surface area contributed by atoms with Crippen molar-refractivity contribution in [2.24, 2.45) is 0 Å². The molecule has 1 aromatic heterocycles. The SMILES string of the molecule is CC[C@@H](C)NCc1ccc(-c2ccc(Br)cc2)o1. The molecule has 0 saturated carbocycles. The molecule has 0 radical (unpaired) electrons. The number of rotatable bonds is 5. The minimum absolute atomic E-state index is 0.520. The molecule has 0 spiro atoms. The average Bonchev–Trinajstić information content (AvgIpc) is 2.85. The second-order valence-corrected chi connectivity index (χ2v) is 5.38. The fraction of sp³-hybridized carbons (Fsp3) is 0.333. The van der Waals surface area contributed by atoms with Crippen LogP contribution in [-0.2, 0) is 6.54 Å². The van der Waals surface area contributed by atoms with E-state index in [1.54, 1.807) is 0 Å². The van der Waals surface area contributed by atoms with Gasteiger partial charge >= 0.3 is 0 Å². The van der Waals surface area contributed by atoms with Crippen LogP contribution in [0.15, 0.2) is 45.3 Å². The molecule has 0 fully saturated rings. The lowest BCUT2D eigenvalue weighted by atomic mass is 10.2. The van der Waals surface area contributed by atoms with Crippen LogP contribution in [0.4, 0.5) is 0 Å². The Morgan fingerprint density at radius 2 is 1.89 bits per heavy atom. The zero-order valence-corrected chi connectivity index (χ0v) is 12.3. The Morgan fingerprint density at radius 3 is 2.56 bits per heavy atom. The number of halogens is 1. The lowest BCUT2D eigenvalue weighted by Gasteiger charge is -2.08. The molecule has 0 saturated heterocycles. The Balaban J connectivity index is 2.03. The van der Waals surface area contributed by atoms with Gasteiger partial charge in [0.05, 0.1) is 6.54 Å².